The Hall–Kier alpha value is -2.02. The fourth-order valence-electron chi connectivity index (χ4n) is 4.10. The Morgan fingerprint density at radius 1 is 1.19 bits per heavy atom. The maximum absolute atomic E-state index is 11.8. The van der Waals surface area contributed by atoms with Gasteiger partial charge in [0.2, 0.25) is 0 Å². The first-order valence-electron chi connectivity index (χ1n) is 10.7. The van der Waals surface area contributed by atoms with Gasteiger partial charge in [-0.1, -0.05) is 41.0 Å². The molecule has 0 bridgehead atoms. The number of hydrogen-bond acceptors (Lipinski definition) is 4. The van der Waals surface area contributed by atoms with Crippen LogP contribution in [0.2, 0.25) is 10.0 Å². The molecule has 2 aliphatic heterocycles. The van der Waals surface area contributed by atoms with Crippen LogP contribution in [0, 0.1) is 0 Å². The van der Waals surface area contributed by atoms with E-state index in [-0.39, 0.29) is 11.3 Å². The molecule has 0 unspecified atom stereocenters. The molecule has 2 aromatic carbocycles. The van der Waals surface area contributed by atoms with Crippen LogP contribution < -0.4 is 10.3 Å². The van der Waals surface area contributed by atoms with Gasteiger partial charge in [0.15, 0.2) is 0 Å². The Bertz CT molecular complexity index is 1130. The molecule has 0 aliphatic carbocycles. The van der Waals surface area contributed by atoms with Crippen molar-refractivity contribution in [3.05, 3.63) is 63.1 Å². The number of carbonyl (C=O) groups is 1. The van der Waals surface area contributed by atoms with Crippen molar-refractivity contribution >= 4 is 57.4 Å². The van der Waals surface area contributed by atoms with E-state index < -0.39 is 4.75 Å². The van der Waals surface area contributed by atoms with Crippen LogP contribution in [0.15, 0.2) is 46.5 Å². The summed E-state index contributed by atoms with van der Waals surface area (Å²) in [5.74, 6) is 0.894. The van der Waals surface area contributed by atoms with Gasteiger partial charge in [-0.15, -0.1) is 0 Å². The number of rotatable bonds is 3. The molecule has 0 radical (unpaired) electrons. The number of nitrogens with zero attached hydrogens (tertiary/aromatic N) is 3. The second-order valence-electron chi connectivity index (χ2n) is 8.75. The molecule has 2 aliphatic rings. The Morgan fingerprint density at radius 2 is 1.97 bits per heavy atom. The minimum atomic E-state index is -0.394. The van der Waals surface area contributed by atoms with Crippen LogP contribution >= 0.6 is 35.0 Å². The average molecular weight is 489 g/mol. The maximum atomic E-state index is 11.8. The van der Waals surface area contributed by atoms with Gasteiger partial charge in [0.25, 0.3) is 5.24 Å². The normalized spacial score (nSPS) is 18.3. The second-order valence-corrected chi connectivity index (χ2v) is 11.2. The number of benzene rings is 2. The van der Waals surface area contributed by atoms with Crippen molar-refractivity contribution < 1.29 is 4.79 Å². The molecule has 4 rings (SSSR count). The highest BCUT2D eigenvalue weighted by Gasteiger charge is 2.34. The van der Waals surface area contributed by atoms with Crippen molar-refractivity contribution in [2.24, 2.45) is 10.1 Å². The SMILES string of the molecule is CC(C)N=C(c1ccc(Cl)c(Cl)c1)N1CCCc2cc(C3=NNC(=O)SC3(C)C)ccc21. The van der Waals surface area contributed by atoms with Crippen LogP contribution in [0.3, 0.4) is 0 Å². The lowest BCUT2D eigenvalue weighted by Gasteiger charge is -2.34. The lowest BCUT2D eigenvalue weighted by Crippen LogP contribution is -2.39. The third-order valence-electron chi connectivity index (χ3n) is 5.46. The number of thioether (sulfide) groups is 1. The van der Waals surface area contributed by atoms with Crippen LogP contribution in [-0.4, -0.2) is 34.1 Å². The van der Waals surface area contributed by atoms with Crippen molar-refractivity contribution in [1.82, 2.24) is 5.43 Å². The number of amidine groups is 1. The van der Waals surface area contributed by atoms with Gasteiger partial charge in [-0.05, 0) is 82.0 Å². The number of hydrogen-bond donors (Lipinski definition) is 1. The van der Waals surface area contributed by atoms with E-state index >= 15 is 0 Å². The zero-order valence-corrected chi connectivity index (χ0v) is 20.9. The minimum absolute atomic E-state index is 0.126. The number of amides is 1. The van der Waals surface area contributed by atoms with Crippen LogP contribution in [0.4, 0.5) is 10.5 Å². The fourth-order valence-corrected chi connectivity index (χ4v) is 5.21. The lowest BCUT2D eigenvalue weighted by atomic mass is 9.93. The molecule has 8 heteroatoms. The number of halogens is 2. The molecule has 0 spiro atoms. The molecule has 168 valence electrons. The molecule has 2 heterocycles. The number of hydrazone groups is 1. The van der Waals surface area contributed by atoms with Crippen LogP contribution in [-0.2, 0) is 6.42 Å². The van der Waals surface area contributed by atoms with Crippen molar-refractivity contribution in [2.45, 2.75) is 51.3 Å². The monoisotopic (exact) mass is 488 g/mol. The van der Waals surface area contributed by atoms with Crippen molar-refractivity contribution in [1.29, 1.82) is 0 Å². The number of fused-ring (bicyclic) bond motifs is 1. The molecule has 0 aromatic heterocycles. The highest BCUT2D eigenvalue weighted by atomic mass is 35.5. The molecule has 2 aromatic rings. The Balaban J connectivity index is 1.76. The predicted octanol–water partition coefficient (Wildman–Crippen LogP) is 6.54. The van der Waals surface area contributed by atoms with Gasteiger partial charge in [-0.3, -0.25) is 9.79 Å². The van der Waals surface area contributed by atoms with Gasteiger partial charge in [-0.2, -0.15) is 5.10 Å². The third kappa shape index (κ3) is 4.68. The van der Waals surface area contributed by atoms with Gasteiger partial charge in [0.1, 0.15) is 5.84 Å². The zero-order chi connectivity index (χ0) is 23.0. The maximum Gasteiger partial charge on any atom is 0.300 e. The molecule has 32 heavy (non-hydrogen) atoms. The first-order chi connectivity index (χ1) is 15.2. The molecule has 0 saturated heterocycles. The van der Waals surface area contributed by atoms with Crippen molar-refractivity contribution in [3.8, 4) is 0 Å². The first kappa shape index (κ1) is 23.1. The van der Waals surface area contributed by atoms with E-state index in [0.29, 0.717) is 10.0 Å². The quantitative estimate of drug-likeness (QED) is 0.394. The fraction of sp³-hybridized carbons (Fsp3) is 0.375. The molecule has 0 atom stereocenters. The number of carbonyl (C=O) groups excluding carboxylic acids is 1. The molecular weight excluding hydrogens is 463 g/mol. The van der Waals surface area contributed by atoms with Crippen molar-refractivity contribution in [3.63, 3.8) is 0 Å². The number of anilines is 1. The second kappa shape index (κ2) is 9.08. The molecule has 1 N–H and O–H groups in total. The van der Waals surface area contributed by atoms with E-state index in [4.69, 9.17) is 28.2 Å². The molecule has 5 nitrogen and oxygen atoms in total. The van der Waals surface area contributed by atoms with Gasteiger partial charge in [-0.25, -0.2) is 5.43 Å². The highest BCUT2D eigenvalue weighted by molar-refractivity contribution is 8.15. The van der Waals surface area contributed by atoms with E-state index in [1.165, 1.54) is 17.3 Å². The van der Waals surface area contributed by atoms with Gasteiger partial charge in [0, 0.05) is 23.8 Å². The summed E-state index contributed by atoms with van der Waals surface area (Å²) < 4.78 is -0.394. The molecule has 1 amide bonds. The van der Waals surface area contributed by atoms with E-state index in [9.17, 15) is 4.79 Å². The predicted molar refractivity (Wildman–Crippen MR) is 137 cm³/mol. The summed E-state index contributed by atoms with van der Waals surface area (Å²) in [5.41, 5.74) is 7.83. The van der Waals surface area contributed by atoms with Gasteiger partial charge < -0.3 is 4.90 Å². The summed E-state index contributed by atoms with van der Waals surface area (Å²) in [4.78, 5) is 19.0. The zero-order valence-electron chi connectivity index (χ0n) is 18.6. The van der Waals surface area contributed by atoms with Gasteiger partial charge >= 0.3 is 0 Å². The Labute approximate surface area is 203 Å². The smallest absolute Gasteiger partial charge is 0.300 e. The number of aliphatic imine (C=N–C) groups is 1. The summed E-state index contributed by atoms with van der Waals surface area (Å²) in [5, 5.41) is 5.30. The summed E-state index contributed by atoms with van der Waals surface area (Å²) >= 11 is 13.7. The number of aryl methyl sites for hydroxylation is 1. The Morgan fingerprint density at radius 3 is 2.66 bits per heavy atom. The standard InChI is InChI=1S/C24H26Cl2N4OS/c1-14(2)27-22(17-7-9-18(25)19(26)13-17)30-11-5-6-15-12-16(8-10-20(15)30)21-24(3,4)32-23(31)29-28-21/h7-10,12-14H,5-6,11H2,1-4H3,(H,29,31). The summed E-state index contributed by atoms with van der Waals surface area (Å²) in [7, 11) is 0. The lowest BCUT2D eigenvalue weighted by molar-refractivity contribution is 0.260. The van der Waals surface area contributed by atoms with E-state index in [1.54, 1.807) is 0 Å². The first-order valence-corrected chi connectivity index (χ1v) is 12.2. The molecular formula is C24H26Cl2N4OS. The van der Waals surface area contributed by atoms with Crippen molar-refractivity contribution in [2.75, 3.05) is 11.4 Å². The molecule has 0 fully saturated rings. The van der Waals surface area contributed by atoms with E-state index in [2.05, 4.69) is 47.5 Å². The Kier molecular flexibility index (Phi) is 6.57. The summed E-state index contributed by atoms with van der Waals surface area (Å²) in [6.45, 7) is 9.06. The highest BCUT2D eigenvalue weighted by Crippen LogP contribution is 2.36. The average Bonchev–Trinajstić information content (AvgIpc) is 2.72. The third-order valence-corrected chi connectivity index (χ3v) is 7.18. The van der Waals surface area contributed by atoms with Crippen LogP contribution in [0.5, 0.6) is 0 Å². The molecule has 0 saturated carbocycles. The number of nitrogens with one attached hydrogen (secondary N) is 1. The van der Waals surface area contributed by atoms with Crippen LogP contribution in [0.25, 0.3) is 0 Å². The van der Waals surface area contributed by atoms with Crippen LogP contribution in [0.1, 0.15) is 50.8 Å². The minimum Gasteiger partial charge on any atom is -0.326 e. The summed E-state index contributed by atoms with van der Waals surface area (Å²) in [6.07, 6.45) is 1.99. The largest absolute Gasteiger partial charge is 0.326 e. The van der Waals surface area contributed by atoms with E-state index in [0.717, 1.165) is 47.7 Å². The topological polar surface area (TPSA) is 57.1 Å². The van der Waals surface area contributed by atoms with E-state index in [1.807, 2.05) is 32.0 Å². The summed E-state index contributed by atoms with van der Waals surface area (Å²) in [6, 6.07) is 12.2. The van der Waals surface area contributed by atoms with Gasteiger partial charge in [0.05, 0.1) is 20.5 Å².